The van der Waals surface area contributed by atoms with Crippen molar-refractivity contribution in [2.75, 3.05) is 11.9 Å². The maximum Gasteiger partial charge on any atom is 0.547 e. The Hall–Kier alpha value is -3.01. The maximum atomic E-state index is 12.6. The summed E-state index contributed by atoms with van der Waals surface area (Å²) in [6, 6.07) is 5.26. The predicted octanol–water partition coefficient (Wildman–Crippen LogP) is 1.63. The van der Waals surface area contributed by atoms with E-state index < -0.39 is 19.0 Å². The number of benzene rings is 1. The molecule has 10 heteroatoms. The van der Waals surface area contributed by atoms with Crippen LogP contribution in [0.4, 0.5) is 5.82 Å². The molecule has 2 aromatic rings. The Balaban J connectivity index is 1.29. The number of rotatable bonds is 6. The number of aromatic amines is 1. The van der Waals surface area contributed by atoms with E-state index in [-0.39, 0.29) is 17.2 Å². The van der Waals surface area contributed by atoms with Gasteiger partial charge in [-0.25, -0.2) is 9.78 Å². The molecule has 1 aliphatic heterocycles. The number of carbonyl (C=O) groups is 2. The van der Waals surface area contributed by atoms with Crippen LogP contribution >= 0.6 is 0 Å². The van der Waals surface area contributed by atoms with E-state index in [9.17, 15) is 19.7 Å². The number of hydrogen-bond acceptors (Lipinski definition) is 6. The molecule has 1 atom stereocenters. The minimum atomic E-state index is -1.28. The van der Waals surface area contributed by atoms with Crippen LogP contribution in [-0.4, -0.2) is 58.1 Å². The molecule has 1 fully saturated rings. The SMILES string of the molecule is CN(c1cnc[nH]1)[C@H]1CC[C@H](CC(=O)N[C@H]2Cc3cccc(C(=O)O)c3OB2O)CC1. The predicted molar refractivity (Wildman–Crippen MR) is 115 cm³/mol. The number of fused-ring (bicyclic) bond motifs is 1. The normalized spacial score (nSPS) is 22.9. The highest BCUT2D eigenvalue weighted by atomic mass is 16.5. The quantitative estimate of drug-likeness (QED) is 0.517. The van der Waals surface area contributed by atoms with Crippen LogP contribution in [0.25, 0.3) is 0 Å². The summed E-state index contributed by atoms with van der Waals surface area (Å²) in [5, 5.41) is 22.5. The molecule has 2 heterocycles. The second-order valence-corrected chi connectivity index (χ2v) is 8.41. The summed E-state index contributed by atoms with van der Waals surface area (Å²) in [6.45, 7) is 0. The standard InChI is InChI=1S/C21H27BN4O5/c1-26(18-11-23-12-24-18)15-7-5-13(6-8-15)9-19(27)25-17-10-14-3-2-4-16(21(28)29)20(14)31-22(17)30/h2-4,11-13,15,17,30H,5-10H2,1H3,(H,23,24)(H,25,27)(H,28,29)/t13-,15-,17-/m0/s1. The molecular formula is C21H27BN4O5. The highest BCUT2D eigenvalue weighted by Crippen LogP contribution is 2.32. The minimum absolute atomic E-state index is 0.0122. The third-order valence-corrected chi connectivity index (χ3v) is 6.40. The number of para-hydroxylation sites is 1. The first-order valence-electron chi connectivity index (χ1n) is 10.6. The summed E-state index contributed by atoms with van der Waals surface area (Å²) in [5.41, 5.74) is 0.677. The Bertz CT molecular complexity index is 930. The van der Waals surface area contributed by atoms with Gasteiger partial charge >= 0.3 is 13.1 Å². The molecule has 1 aliphatic carbocycles. The molecule has 164 valence electrons. The lowest BCUT2D eigenvalue weighted by atomic mass is 9.72. The summed E-state index contributed by atoms with van der Waals surface area (Å²) in [5.74, 6) is -0.353. The largest absolute Gasteiger partial charge is 0.547 e. The Morgan fingerprint density at radius 3 is 2.77 bits per heavy atom. The third-order valence-electron chi connectivity index (χ3n) is 6.40. The number of nitrogens with zero attached hydrogens (tertiary/aromatic N) is 2. The average molecular weight is 426 g/mol. The zero-order valence-electron chi connectivity index (χ0n) is 17.5. The molecule has 4 N–H and O–H groups in total. The van der Waals surface area contributed by atoms with E-state index in [2.05, 4.69) is 27.2 Å². The minimum Gasteiger partial charge on any atom is -0.534 e. The van der Waals surface area contributed by atoms with Crippen LogP contribution in [0, 0.1) is 5.92 Å². The highest BCUT2D eigenvalue weighted by Gasteiger charge is 2.38. The van der Waals surface area contributed by atoms with Crippen molar-refractivity contribution >= 4 is 24.8 Å². The summed E-state index contributed by atoms with van der Waals surface area (Å²) < 4.78 is 5.45. The van der Waals surface area contributed by atoms with Crippen LogP contribution in [-0.2, 0) is 11.2 Å². The van der Waals surface area contributed by atoms with Crippen molar-refractivity contribution in [3.05, 3.63) is 41.9 Å². The van der Waals surface area contributed by atoms with Gasteiger partial charge < -0.3 is 30.0 Å². The summed E-state index contributed by atoms with van der Waals surface area (Å²) in [4.78, 5) is 33.4. The molecule has 2 aliphatic rings. The molecule has 1 saturated carbocycles. The number of imidazole rings is 1. The number of amides is 1. The molecule has 4 rings (SSSR count). The number of H-pyrrole nitrogens is 1. The second kappa shape index (κ2) is 9.01. The summed E-state index contributed by atoms with van der Waals surface area (Å²) in [6.07, 6.45) is 8.16. The highest BCUT2D eigenvalue weighted by molar-refractivity contribution is 6.47. The third kappa shape index (κ3) is 4.69. The molecule has 0 saturated heterocycles. The van der Waals surface area contributed by atoms with Gasteiger partial charge in [0, 0.05) is 19.5 Å². The molecule has 31 heavy (non-hydrogen) atoms. The van der Waals surface area contributed by atoms with Crippen LogP contribution in [0.5, 0.6) is 5.75 Å². The van der Waals surface area contributed by atoms with Crippen molar-refractivity contribution in [1.29, 1.82) is 0 Å². The van der Waals surface area contributed by atoms with E-state index in [0.717, 1.165) is 31.5 Å². The van der Waals surface area contributed by atoms with E-state index >= 15 is 0 Å². The molecule has 0 unspecified atom stereocenters. The van der Waals surface area contributed by atoms with Crippen molar-refractivity contribution in [2.45, 2.75) is 50.5 Å². The van der Waals surface area contributed by atoms with Crippen molar-refractivity contribution in [3.8, 4) is 5.75 Å². The lowest BCUT2D eigenvalue weighted by Gasteiger charge is -2.35. The Morgan fingerprint density at radius 2 is 2.10 bits per heavy atom. The molecule has 1 amide bonds. The maximum absolute atomic E-state index is 12.6. The fraction of sp³-hybridized carbons (Fsp3) is 0.476. The van der Waals surface area contributed by atoms with Crippen LogP contribution in [0.2, 0.25) is 0 Å². The molecule has 0 spiro atoms. The Kier molecular flexibility index (Phi) is 6.17. The van der Waals surface area contributed by atoms with Gasteiger partial charge in [0.05, 0.1) is 24.0 Å². The van der Waals surface area contributed by atoms with Crippen LogP contribution in [0.15, 0.2) is 30.7 Å². The van der Waals surface area contributed by atoms with Gasteiger partial charge in [0.15, 0.2) is 0 Å². The monoisotopic (exact) mass is 426 g/mol. The molecule has 1 aromatic carbocycles. The number of hydrogen-bond donors (Lipinski definition) is 4. The fourth-order valence-corrected chi connectivity index (χ4v) is 4.62. The van der Waals surface area contributed by atoms with Gasteiger partial charge in [-0.2, -0.15) is 0 Å². The Labute approximate surface area is 181 Å². The van der Waals surface area contributed by atoms with Crippen LogP contribution in [0.3, 0.4) is 0 Å². The second-order valence-electron chi connectivity index (χ2n) is 8.41. The number of carbonyl (C=O) groups excluding carboxylic acids is 1. The number of carboxylic acid groups (broad SMARTS) is 1. The smallest absolute Gasteiger partial charge is 0.534 e. The van der Waals surface area contributed by atoms with Gasteiger partial charge in [-0.05, 0) is 49.7 Å². The molecular weight excluding hydrogens is 399 g/mol. The van der Waals surface area contributed by atoms with Gasteiger partial charge in [0.1, 0.15) is 11.6 Å². The van der Waals surface area contributed by atoms with E-state index in [4.69, 9.17) is 4.65 Å². The molecule has 1 aromatic heterocycles. The van der Waals surface area contributed by atoms with Gasteiger partial charge in [0.25, 0.3) is 0 Å². The van der Waals surface area contributed by atoms with Gasteiger partial charge in [-0.3, -0.25) is 4.79 Å². The summed E-state index contributed by atoms with van der Waals surface area (Å²) in [7, 11) is 0.777. The number of nitrogens with one attached hydrogen (secondary N) is 2. The van der Waals surface area contributed by atoms with E-state index in [0.29, 0.717) is 30.4 Å². The first-order chi connectivity index (χ1) is 14.9. The first kappa shape index (κ1) is 21.2. The fourth-order valence-electron chi connectivity index (χ4n) is 4.62. The first-order valence-corrected chi connectivity index (χ1v) is 10.6. The van der Waals surface area contributed by atoms with Crippen molar-refractivity contribution in [3.63, 3.8) is 0 Å². The zero-order chi connectivity index (χ0) is 22.0. The van der Waals surface area contributed by atoms with Crippen LogP contribution < -0.4 is 14.9 Å². The van der Waals surface area contributed by atoms with Gasteiger partial charge in [0.2, 0.25) is 5.91 Å². The average Bonchev–Trinajstić information content (AvgIpc) is 3.28. The van der Waals surface area contributed by atoms with Crippen molar-refractivity contribution < 1.29 is 24.4 Å². The number of carboxylic acids is 1. The van der Waals surface area contributed by atoms with Crippen LogP contribution in [0.1, 0.15) is 48.0 Å². The lowest BCUT2D eigenvalue weighted by Crippen LogP contribution is -2.53. The van der Waals surface area contributed by atoms with Gasteiger partial charge in [-0.1, -0.05) is 12.1 Å². The van der Waals surface area contributed by atoms with E-state index in [1.807, 2.05) is 6.20 Å². The van der Waals surface area contributed by atoms with Crippen molar-refractivity contribution in [1.82, 2.24) is 15.3 Å². The number of aromatic carboxylic acids is 1. The zero-order valence-corrected chi connectivity index (χ0v) is 17.5. The Morgan fingerprint density at radius 1 is 1.32 bits per heavy atom. The summed E-state index contributed by atoms with van der Waals surface area (Å²) >= 11 is 0. The number of aromatic nitrogens is 2. The molecule has 9 nitrogen and oxygen atoms in total. The van der Waals surface area contributed by atoms with Crippen molar-refractivity contribution in [2.24, 2.45) is 5.92 Å². The topological polar surface area (TPSA) is 128 Å². The number of anilines is 1. The lowest BCUT2D eigenvalue weighted by molar-refractivity contribution is -0.122. The van der Waals surface area contributed by atoms with E-state index in [1.54, 1.807) is 18.5 Å². The van der Waals surface area contributed by atoms with Gasteiger partial charge in [-0.15, -0.1) is 0 Å². The molecule has 0 bridgehead atoms. The van der Waals surface area contributed by atoms with E-state index in [1.165, 1.54) is 6.07 Å². The molecule has 0 radical (unpaired) electrons.